The van der Waals surface area contributed by atoms with E-state index in [4.69, 9.17) is 11.2 Å². The Labute approximate surface area is 99.7 Å². The number of rotatable bonds is 4. The number of benzene rings is 1. The molecule has 0 atom stereocenters. The highest BCUT2D eigenvalue weighted by molar-refractivity contribution is 8.02. The lowest BCUT2D eigenvalue weighted by Crippen LogP contribution is -1.97. The highest BCUT2D eigenvalue weighted by atomic mass is 32.2. The van der Waals surface area contributed by atoms with Gasteiger partial charge in [0.05, 0.1) is 5.75 Å². The van der Waals surface area contributed by atoms with Crippen LogP contribution in [0.4, 0.5) is 0 Å². The monoisotopic (exact) mass is 232 g/mol. The average Bonchev–Trinajstić information content (AvgIpc) is 2.29. The molecule has 0 heterocycles. The van der Waals surface area contributed by atoms with Gasteiger partial charge in [0.15, 0.2) is 0 Å². The third kappa shape index (κ3) is 4.24. The van der Waals surface area contributed by atoms with Crippen molar-refractivity contribution in [1.29, 1.82) is 0 Å². The van der Waals surface area contributed by atoms with Gasteiger partial charge in [0, 0.05) is 17.9 Å². The fourth-order valence-corrected chi connectivity index (χ4v) is 1.59. The lowest BCUT2D eigenvalue weighted by Gasteiger charge is -2.06. The molecule has 82 valence electrons. The zero-order valence-corrected chi connectivity index (χ0v) is 9.79. The first-order chi connectivity index (χ1) is 7.74. The molecule has 0 aliphatic rings. The van der Waals surface area contributed by atoms with Gasteiger partial charge in [-0.2, -0.15) is 0 Å². The van der Waals surface area contributed by atoms with E-state index in [0.29, 0.717) is 11.5 Å². The summed E-state index contributed by atoms with van der Waals surface area (Å²) >= 11 is 1.42. The topological polar surface area (TPSA) is 26.3 Å². The summed E-state index contributed by atoms with van der Waals surface area (Å²) in [6.07, 6.45) is 5.15. The number of hydrogen-bond donors (Lipinski definition) is 0. The minimum absolute atomic E-state index is 0.337. The van der Waals surface area contributed by atoms with Gasteiger partial charge < -0.3 is 4.74 Å². The van der Waals surface area contributed by atoms with Gasteiger partial charge in [-0.15, -0.1) is 18.2 Å². The van der Waals surface area contributed by atoms with Crippen molar-refractivity contribution in [2.45, 2.75) is 6.92 Å². The lowest BCUT2D eigenvalue weighted by atomic mass is 10.2. The maximum atomic E-state index is 10.9. The molecular formula is C13H12O2S. The van der Waals surface area contributed by atoms with E-state index < -0.39 is 0 Å². The summed E-state index contributed by atoms with van der Waals surface area (Å²) in [5.41, 5.74) is 0.863. The second kappa shape index (κ2) is 6.76. The van der Waals surface area contributed by atoms with Crippen LogP contribution in [0.2, 0.25) is 0 Å². The molecule has 0 saturated carbocycles. The SMILES string of the molecule is C#CCS/C=C(\OC(C)=O)c1ccccc1. The van der Waals surface area contributed by atoms with Gasteiger partial charge in [-0.05, 0) is 0 Å². The molecule has 0 N–H and O–H groups in total. The quantitative estimate of drug-likeness (QED) is 0.345. The number of carbonyl (C=O) groups excluding carboxylic acids is 1. The third-order valence-corrected chi connectivity index (χ3v) is 2.38. The lowest BCUT2D eigenvalue weighted by molar-refractivity contribution is -0.134. The van der Waals surface area contributed by atoms with E-state index in [0.717, 1.165) is 5.56 Å². The molecule has 1 rings (SSSR count). The summed E-state index contributed by atoms with van der Waals surface area (Å²) in [6, 6.07) is 9.44. The van der Waals surface area contributed by atoms with Crippen molar-refractivity contribution >= 4 is 23.5 Å². The standard InChI is InChI=1S/C13H12O2S/c1-3-9-16-10-13(15-11(2)14)12-7-5-4-6-8-12/h1,4-8,10H,9H2,2H3/b13-10-. The minimum Gasteiger partial charge on any atom is -0.426 e. The Kier molecular flexibility index (Phi) is 5.24. The molecule has 0 amide bonds. The molecule has 0 aliphatic heterocycles. The van der Waals surface area contributed by atoms with Gasteiger partial charge in [0.25, 0.3) is 0 Å². The van der Waals surface area contributed by atoms with Crippen molar-refractivity contribution in [1.82, 2.24) is 0 Å². The molecule has 0 aromatic heterocycles. The zero-order chi connectivity index (χ0) is 11.8. The summed E-state index contributed by atoms with van der Waals surface area (Å²) in [4.78, 5) is 10.9. The number of thioether (sulfide) groups is 1. The molecule has 0 saturated heterocycles. The normalized spacial score (nSPS) is 10.6. The van der Waals surface area contributed by atoms with Gasteiger partial charge >= 0.3 is 5.97 Å². The van der Waals surface area contributed by atoms with Gasteiger partial charge in [0.2, 0.25) is 0 Å². The van der Waals surface area contributed by atoms with Crippen LogP contribution in [-0.4, -0.2) is 11.7 Å². The molecule has 0 unspecified atom stereocenters. The van der Waals surface area contributed by atoms with Crippen molar-refractivity contribution in [3.05, 3.63) is 41.3 Å². The van der Waals surface area contributed by atoms with Crippen LogP contribution in [0.1, 0.15) is 12.5 Å². The minimum atomic E-state index is -0.337. The Balaban J connectivity index is 2.84. The molecule has 0 aliphatic carbocycles. The van der Waals surface area contributed by atoms with E-state index in [1.807, 2.05) is 30.3 Å². The first-order valence-corrected chi connectivity index (χ1v) is 5.78. The first kappa shape index (κ1) is 12.4. The van der Waals surface area contributed by atoms with Crippen molar-refractivity contribution in [3.63, 3.8) is 0 Å². The van der Waals surface area contributed by atoms with Crippen LogP contribution < -0.4 is 0 Å². The van der Waals surface area contributed by atoms with E-state index in [-0.39, 0.29) is 5.97 Å². The average molecular weight is 232 g/mol. The Morgan fingerprint density at radius 1 is 1.50 bits per heavy atom. The smallest absolute Gasteiger partial charge is 0.308 e. The Morgan fingerprint density at radius 3 is 2.75 bits per heavy atom. The van der Waals surface area contributed by atoms with Crippen LogP contribution >= 0.6 is 11.8 Å². The van der Waals surface area contributed by atoms with E-state index in [2.05, 4.69) is 5.92 Å². The summed E-state index contributed by atoms with van der Waals surface area (Å²) in [5, 5.41) is 1.76. The van der Waals surface area contributed by atoms with Crippen molar-refractivity contribution in [2.24, 2.45) is 0 Å². The largest absolute Gasteiger partial charge is 0.426 e. The molecule has 1 aromatic carbocycles. The highest BCUT2D eigenvalue weighted by Gasteiger charge is 2.04. The number of hydrogen-bond acceptors (Lipinski definition) is 3. The molecule has 0 radical (unpaired) electrons. The second-order valence-corrected chi connectivity index (χ2v) is 3.81. The molecular weight excluding hydrogens is 220 g/mol. The number of esters is 1. The van der Waals surface area contributed by atoms with Crippen LogP contribution in [0.3, 0.4) is 0 Å². The van der Waals surface area contributed by atoms with E-state index in [9.17, 15) is 4.79 Å². The van der Waals surface area contributed by atoms with Gasteiger partial charge in [-0.25, -0.2) is 0 Å². The van der Waals surface area contributed by atoms with Crippen molar-refractivity contribution < 1.29 is 9.53 Å². The Bertz CT molecular complexity index is 415. The number of carbonyl (C=O) groups is 1. The fourth-order valence-electron chi connectivity index (χ4n) is 1.07. The van der Waals surface area contributed by atoms with Crippen LogP contribution in [0.15, 0.2) is 35.7 Å². The maximum absolute atomic E-state index is 10.9. The van der Waals surface area contributed by atoms with Crippen LogP contribution in [0.25, 0.3) is 5.76 Å². The third-order valence-electron chi connectivity index (χ3n) is 1.67. The number of ether oxygens (including phenoxy) is 1. The molecule has 2 nitrogen and oxygen atoms in total. The molecule has 16 heavy (non-hydrogen) atoms. The first-order valence-electron chi connectivity index (χ1n) is 4.73. The van der Waals surface area contributed by atoms with E-state index >= 15 is 0 Å². The molecule has 1 aromatic rings. The van der Waals surface area contributed by atoms with E-state index in [1.54, 1.807) is 5.41 Å². The molecule has 3 heteroatoms. The maximum Gasteiger partial charge on any atom is 0.308 e. The fraction of sp³-hybridized carbons (Fsp3) is 0.154. The summed E-state index contributed by atoms with van der Waals surface area (Å²) in [5.74, 6) is 3.26. The predicted octanol–water partition coefficient (Wildman–Crippen LogP) is 2.91. The summed E-state index contributed by atoms with van der Waals surface area (Å²) < 4.78 is 5.12. The van der Waals surface area contributed by atoms with Gasteiger partial charge in [-0.3, -0.25) is 4.79 Å². The molecule has 0 bridgehead atoms. The van der Waals surface area contributed by atoms with Crippen LogP contribution in [0, 0.1) is 12.3 Å². The van der Waals surface area contributed by atoms with Crippen LogP contribution in [-0.2, 0) is 9.53 Å². The number of terminal acetylenes is 1. The molecule has 0 fully saturated rings. The van der Waals surface area contributed by atoms with Crippen molar-refractivity contribution in [3.8, 4) is 12.3 Å². The summed E-state index contributed by atoms with van der Waals surface area (Å²) in [6.45, 7) is 1.38. The van der Waals surface area contributed by atoms with E-state index in [1.165, 1.54) is 18.7 Å². The van der Waals surface area contributed by atoms with Gasteiger partial charge in [-0.1, -0.05) is 36.3 Å². The summed E-state index contributed by atoms with van der Waals surface area (Å²) in [7, 11) is 0. The van der Waals surface area contributed by atoms with Gasteiger partial charge in [0.1, 0.15) is 5.76 Å². The Hall–Kier alpha value is -1.66. The zero-order valence-electron chi connectivity index (χ0n) is 8.97. The molecule has 0 spiro atoms. The predicted molar refractivity (Wildman–Crippen MR) is 67.5 cm³/mol. The van der Waals surface area contributed by atoms with Crippen LogP contribution in [0.5, 0.6) is 0 Å². The second-order valence-electron chi connectivity index (χ2n) is 2.96. The van der Waals surface area contributed by atoms with Crippen molar-refractivity contribution in [2.75, 3.05) is 5.75 Å². The Morgan fingerprint density at radius 2 is 2.19 bits per heavy atom. The highest BCUT2D eigenvalue weighted by Crippen LogP contribution is 2.19.